The number of phenols is 1. The summed E-state index contributed by atoms with van der Waals surface area (Å²) in [5.74, 6) is -0.170. The van der Waals surface area contributed by atoms with Crippen molar-refractivity contribution in [3.05, 3.63) is 29.8 Å². The molecule has 1 rings (SSSR count). The summed E-state index contributed by atoms with van der Waals surface area (Å²) in [6.07, 6.45) is 0. The van der Waals surface area contributed by atoms with Gasteiger partial charge in [0.1, 0.15) is 5.75 Å². The standard InChI is InChI=1S/C12H17NO3/c1-12(2,8-14)13(3)11(16)9-5-4-6-10(15)7-9/h4-7,14-15H,8H2,1-3H3. The predicted molar refractivity (Wildman–Crippen MR) is 61.4 cm³/mol. The molecule has 0 fully saturated rings. The van der Waals surface area contributed by atoms with E-state index in [2.05, 4.69) is 0 Å². The summed E-state index contributed by atoms with van der Waals surface area (Å²) in [6, 6.07) is 6.16. The quantitative estimate of drug-likeness (QED) is 0.810. The largest absolute Gasteiger partial charge is 0.508 e. The number of aliphatic hydroxyl groups excluding tert-OH is 1. The summed E-state index contributed by atoms with van der Waals surface area (Å²) in [5, 5.41) is 18.5. The molecular weight excluding hydrogens is 206 g/mol. The van der Waals surface area contributed by atoms with Crippen LogP contribution in [0.4, 0.5) is 0 Å². The van der Waals surface area contributed by atoms with Crippen molar-refractivity contribution in [2.75, 3.05) is 13.7 Å². The maximum Gasteiger partial charge on any atom is 0.254 e. The first-order valence-corrected chi connectivity index (χ1v) is 5.06. The van der Waals surface area contributed by atoms with E-state index in [9.17, 15) is 15.0 Å². The van der Waals surface area contributed by atoms with E-state index >= 15 is 0 Å². The molecule has 88 valence electrons. The predicted octanol–water partition coefficient (Wildman–Crippen LogP) is 1.24. The number of nitrogens with zero attached hydrogens (tertiary/aromatic N) is 1. The van der Waals surface area contributed by atoms with E-state index in [-0.39, 0.29) is 18.3 Å². The molecule has 1 aromatic carbocycles. The van der Waals surface area contributed by atoms with E-state index in [0.29, 0.717) is 5.56 Å². The SMILES string of the molecule is CN(C(=O)c1cccc(O)c1)C(C)(C)CO. The van der Waals surface area contributed by atoms with Crippen LogP contribution in [-0.2, 0) is 0 Å². The Morgan fingerprint density at radius 1 is 1.44 bits per heavy atom. The molecule has 0 atom stereocenters. The molecule has 0 bridgehead atoms. The normalized spacial score (nSPS) is 11.2. The van der Waals surface area contributed by atoms with Crippen molar-refractivity contribution in [3.8, 4) is 5.75 Å². The molecule has 0 aromatic heterocycles. The number of hydrogen-bond acceptors (Lipinski definition) is 3. The number of rotatable bonds is 3. The van der Waals surface area contributed by atoms with Gasteiger partial charge < -0.3 is 15.1 Å². The summed E-state index contributed by atoms with van der Waals surface area (Å²) < 4.78 is 0. The Kier molecular flexibility index (Phi) is 3.55. The lowest BCUT2D eigenvalue weighted by Gasteiger charge is -2.34. The Morgan fingerprint density at radius 3 is 2.56 bits per heavy atom. The lowest BCUT2D eigenvalue weighted by molar-refractivity contribution is 0.0473. The minimum absolute atomic E-state index is 0.0565. The van der Waals surface area contributed by atoms with Crippen LogP contribution in [0.3, 0.4) is 0 Å². The summed E-state index contributed by atoms with van der Waals surface area (Å²) in [7, 11) is 1.63. The highest BCUT2D eigenvalue weighted by Gasteiger charge is 2.27. The molecule has 0 aliphatic carbocycles. The maximum atomic E-state index is 12.0. The molecule has 16 heavy (non-hydrogen) atoms. The molecule has 0 aliphatic heterocycles. The molecule has 1 aromatic rings. The van der Waals surface area contributed by atoms with Crippen LogP contribution in [0, 0.1) is 0 Å². The highest BCUT2D eigenvalue weighted by Crippen LogP contribution is 2.17. The molecule has 0 heterocycles. The number of carbonyl (C=O) groups excluding carboxylic acids is 1. The van der Waals surface area contributed by atoms with Crippen molar-refractivity contribution < 1.29 is 15.0 Å². The Bertz CT molecular complexity index is 388. The highest BCUT2D eigenvalue weighted by molar-refractivity contribution is 5.94. The fraction of sp³-hybridized carbons (Fsp3) is 0.417. The molecule has 0 saturated carbocycles. The van der Waals surface area contributed by atoms with E-state index in [1.165, 1.54) is 17.0 Å². The number of aromatic hydroxyl groups is 1. The zero-order valence-corrected chi connectivity index (χ0v) is 9.77. The van der Waals surface area contributed by atoms with Gasteiger partial charge in [0.2, 0.25) is 0 Å². The molecule has 0 spiro atoms. The van der Waals surface area contributed by atoms with Crippen LogP contribution < -0.4 is 0 Å². The fourth-order valence-corrected chi connectivity index (χ4v) is 1.21. The van der Waals surface area contributed by atoms with E-state index < -0.39 is 5.54 Å². The van der Waals surface area contributed by atoms with Gasteiger partial charge in [0.05, 0.1) is 12.1 Å². The summed E-state index contributed by atoms with van der Waals surface area (Å²) in [6.45, 7) is 3.43. The van der Waals surface area contributed by atoms with Crippen LogP contribution >= 0.6 is 0 Å². The van der Waals surface area contributed by atoms with Crippen LogP contribution in [0.5, 0.6) is 5.75 Å². The second-order valence-corrected chi connectivity index (χ2v) is 4.39. The number of carbonyl (C=O) groups is 1. The third kappa shape index (κ3) is 2.52. The van der Waals surface area contributed by atoms with Crippen molar-refractivity contribution in [3.63, 3.8) is 0 Å². The number of aliphatic hydroxyl groups is 1. The van der Waals surface area contributed by atoms with E-state index in [0.717, 1.165) is 0 Å². The number of phenolic OH excluding ortho intramolecular Hbond substituents is 1. The summed E-state index contributed by atoms with van der Waals surface area (Å²) in [5.41, 5.74) is -0.216. The van der Waals surface area contributed by atoms with Crippen molar-refractivity contribution in [2.24, 2.45) is 0 Å². The van der Waals surface area contributed by atoms with Crippen LogP contribution in [0.15, 0.2) is 24.3 Å². The third-order valence-corrected chi connectivity index (χ3v) is 2.69. The second kappa shape index (κ2) is 4.53. The summed E-state index contributed by atoms with van der Waals surface area (Å²) >= 11 is 0. The first-order chi connectivity index (χ1) is 7.38. The van der Waals surface area contributed by atoms with Gasteiger partial charge in [-0.25, -0.2) is 0 Å². The Hall–Kier alpha value is -1.55. The van der Waals surface area contributed by atoms with E-state index in [1.54, 1.807) is 33.0 Å². The zero-order chi connectivity index (χ0) is 12.3. The first kappa shape index (κ1) is 12.5. The minimum atomic E-state index is -0.622. The van der Waals surface area contributed by atoms with E-state index in [1.807, 2.05) is 0 Å². The van der Waals surface area contributed by atoms with Gasteiger partial charge in [-0.15, -0.1) is 0 Å². The Morgan fingerprint density at radius 2 is 2.06 bits per heavy atom. The van der Waals surface area contributed by atoms with Gasteiger partial charge in [0, 0.05) is 12.6 Å². The van der Waals surface area contributed by atoms with Gasteiger partial charge in [-0.05, 0) is 32.0 Å². The van der Waals surface area contributed by atoms with Crippen LogP contribution in [-0.4, -0.2) is 40.2 Å². The molecule has 2 N–H and O–H groups in total. The van der Waals surface area contributed by atoms with Crippen molar-refractivity contribution in [1.29, 1.82) is 0 Å². The third-order valence-electron chi connectivity index (χ3n) is 2.69. The van der Waals surface area contributed by atoms with Gasteiger partial charge in [0.25, 0.3) is 5.91 Å². The number of hydrogen-bond donors (Lipinski definition) is 2. The van der Waals surface area contributed by atoms with Crippen molar-refractivity contribution >= 4 is 5.91 Å². The minimum Gasteiger partial charge on any atom is -0.508 e. The lowest BCUT2D eigenvalue weighted by Crippen LogP contribution is -2.47. The second-order valence-electron chi connectivity index (χ2n) is 4.39. The number of amides is 1. The van der Waals surface area contributed by atoms with Gasteiger partial charge in [-0.3, -0.25) is 4.79 Å². The highest BCUT2D eigenvalue weighted by atomic mass is 16.3. The molecule has 4 heteroatoms. The molecule has 4 nitrogen and oxygen atoms in total. The molecule has 0 aliphatic rings. The van der Waals surface area contributed by atoms with Crippen molar-refractivity contribution in [2.45, 2.75) is 19.4 Å². The van der Waals surface area contributed by atoms with Gasteiger partial charge in [-0.2, -0.15) is 0 Å². The monoisotopic (exact) mass is 223 g/mol. The first-order valence-electron chi connectivity index (χ1n) is 5.06. The number of benzene rings is 1. The van der Waals surface area contributed by atoms with Crippen molar-refractivity contribution in [1.82, 2.24) is 4.90 Å². The fourth-order valence-electron chi connectivity index (χ4n) is 1.21. The molecule has 0 saturated heterocycles. The molecule has 0 radical (unpaired) electrons. The van der Waals surface area contributed by atoms with Crippen LogP contribution in [0.2, 0.25) is 0 Å². The average molecular weight is 223 g/mol. The molecule has 0 unspecified atom stereocenters. The number of likely N-dealkylation sites (N-methyl/N-ethyl adjacent to an activating group) is 1. The molecule has 1 amide bonds. The Labute approximate surface area is 95.1 Å². The lowest BCUT2D eigenvalue weighted by atomic mass is 10.0. The average Bonchev–Trinajstić information content (AvgIpc) is 2.27. The topological polar surface area (TPSA) is 60.8 Å². The zero-order valence-electron chi connectivity index (χ0n) is 9.77. The Balaban J connectivity index is 2.95. The van der Waals surface area contributed by atoms with Crippen LogP contribution in [0.1, 0.15) is 24.2 Å². The van der Waals surface area contributed by atoms with Gasteiger partial charge >= 0.3 is 0 Å². The van der Waals surface area contributed by atoms with Gasteiger partial charge in [-0.1, -0.05) is 6.07 Å². The smallest absolute Gasteiger partial charge is 0.254 e. The molecular formula is C12H17NO3. The maximum absolute atomic E-state index is 12.0. The van der Waals surface area contributed by atoms with Crippen LogP contribution in [0.25, 0.3) is 0 Å². The van der Waals surface area contributed by atoms with E-state index in [4.69, 9.17) is 0 Å². The summed E-state index contributed by atoms with van der Waals surface area (Å²) in [4.78, 5) is 13.5. The van der Waals surface area contributed by atoms with Gasteiger partial charge in [0.15, 0.2) is 0 Å².